The number of aromatic hydroxyl groups is 1. The molecule has 0 amide bonds. The lowest BCUT2D eigenvalue weighted by Gasteiger charge is -2.10. The molecule has 0 aromatic heterocycles. The molecule has 5 heteroatoms. The SMILES string of the molecule is COc1cccc(CNCc2cc(F)ccc2Br)c1O. The van der Waals surface area contributed by atoms with Crippen LogP contribution in [0.3, 0.4) is 0 Å². The van der Waals surface area contributed by atoms with E-state index in [9.17, 15) is 9.50 Å². The standard InChI is InChI=1S/C15H15BrFNO2/c1-20-14-4-2-3-10(15(14)19)8-18-9-11-7-12(17)5-6-13(11)16/h2-7,18-19H,8-9H2,1H3. The second-order valence-electron chi connectivity index (χ2n) is 4.31. The van der Waals surface area contributed by atoms with Gasteiger partial charge in [-0.2, -0.15) is 0 Å². The van der Waals surface area contributed by atoms with Crippen molar-refractivity contribution in [2.75, 3.05) is 7.11 Å². The number of hydrogen-bond donors (Lipinski definition) is 2. The minimum Gasteiger partial charge on any atom is -0.504 e. The van der Waals surface area contributed by atoms with Crippen LogP contribution in [-0.2, 0) is 13.1 Å². The van der Waals surface area contributed by atoms with Crippen LogP contribution in [0.1, 0.15) is 11.1 Å². The van der Waals surface area contributed by atoms with Gasteiger partial charge in [-0.05, 0) is 29.8 Å². The summed E-state index contributed by atoms with van der Waals surface area (Å²) >= 11 is 3.38. The first-order valence-electron chi connectivity index (χ1n) is 6.11. The van der Waals surface area contributed by atoms with E-state index in [1.807, 2.05) is 12.1 Å². The molecule has 2 aromatic carbocycles. The summed E-state index contributed by atoms with van der Waals surface area (Å²) in [4.78, 5) is 0. The van der Waals surface area contributed by atoms with Gasteiger partial charge in [-0.25, -0.2) is 4.39 Å². The highest BCUT2D eigenvalue weighted by Crippen LogP contribution is 2.29. The average Bonchev–Trinajstić information content (AvgIpc) is 2.44. The Morgan fingerprint density at radius 3 is 2.70 bits per heavy atom. The second-order valence-corrected chi connectivity index (χ2v) is 5.16. The van der Waals surface area contributed by atoms with Crippen molar-refractivity contribution in [3.05, 3.63) is 57.8 Å². The minimum absolute atomic E-state index is 0.126. The van der Waals surface area contributed by atoms with E-state index >= 15 is 0 Å². The van der Waals surface area contributed by atoms with Gasteiger partial charge < -0.3 is 15.2 Å². The van der Waals surface area contributed by atoms with E-state index in [2.05, 4.69) is 21.2 Å². The van der Waals surface area contributed by atoms with Gasteiger partial charge in [-0.1, -0.05) is 28.1 Å². The van der Waals surface area contributed by atoms with Gasteiger partial charge in [0.15, 0.2) is 11.5 Å². The Morgan fingerprint density at radius 2 is 1.95 bits per heavy atom. The molecule has 0 unspecified atom stereocenters. The zero-order chi connectivity index (χ0) is 14.5. The van der Waals surface area contributed by atoms with E-state index in [4.69, 9.17) is 4.74 Å². The Balaban J connectivity index is 2.01. The van der Waals surface area contributed by atoms with Gasteiger partial charge in [0.25, 0.3) is 0 Å². The Labute approximate surface area is 125 Å². The van der Waals surface area contributed by atoms with E-state index in [1.165, 1.54) is 19.2 Å². The third kappa shape index (κ3) is 3.49. The number of benzene rings is 2. The number of rotatable bonds is 5. The smallest absolute Gasteiger partial charge is 0.162 e. The largest absolute Gasteiger partial charge is 0.504 e. The molecule has 0 fully saturated rings. The van der Waals surface area contributed by atoms with Gasteiger partial charge in [-0.15, -0.1) is 0 Å². The lowest BCUT2D eigenvalue weighted by Crippen LogP contribution is -2.13. The van der Waals surface area contributed by atoms with Gasteiger partial charge in [0.2, 0.25) is 0 Å². The van der Waals surface area contributed by atoms with Crippen molar-refractivity contribution in [2.45, 2.75) is 13.1 Å². The number of methoxy groups -OCH3 is 1. The first-order chi connectivity index (χ1) is 9.61. The normalized spacial score (nSPS) is 10.6. The van der Waals surface area contributed by atoms with Gasteiger partial charge in [-0.3, -0.25) is 0 Å². The summed E-state index contributed by atoms with van der Waals surface area (Å²) in [5, 5.41) is 13.1. The second kappa shape index (κ2) is 6.72. The summed E-state index contributed by atoms with van der Waals surface area (Å²) in [6.45, 7) is 0.959. The molecule has 0 saturated carbocycles. The van der Waals surface area contributed by atoms with E-state index < -0.39 is 0 Å². The molecule has 0 bridgehead atoms. The first-order valence-corrected chi connectivity index (χ1v) is 6.90. The zero-order valence-electron chi connectivity index (χ0n) is 11.0. The molecule has 0 aliphatic carbocycles. The van der Waals surface area contributed by atoms with Crippen LogP contribution in [0.25, 0.3) is 0 Å². The van der Waals surface area contributed by atoms with Gasteiger partial charge >= 0.3 is 0 Å². The number of ether oxygens (including phenoxy) is 1. The predicted molar refractivity (Wildman–Crippen MR) is 79.3 cm³/mol. The lowest BCUT2D eigenvalue weighted by atomic mass is 10.1. The van der Waals surface area contributed by atoms with Crippen LogP contribution in [0, 0.1) is 5.82 Å². The molecule has 0 radical (unpaired) electrons. The van der Waals surface area contributed by atoms with Crippen LogP contribution < -0.4 is 10.1 Å². The van der Waals surface area contributed by atoms with E-state index in [0.717, 1.165) is 15.6 Å². The lowest BCUT2D eigenvalue weighted by molar-refractivity contribution is 0.369. The molecular weight excluding hydrogens is 325 g/mol. The summed E-state index contributed by atoms with van der Waals surface area (Å²) in [5.74, 6) is 0.297. The van der Waals surface area contributed by atoms with Crippen molar-refractivity contribution in [1.29, 1.82) is 0 Å². The summed E-state index contributed by atoms with van der Waals surface area (Å²) in [6.07, 6.45) is 0. The summed E-state index contributed by atoms with van der Waals surface area (Å²) in [5.41, 5.74) is 1.56. The molecular formula is C15H15BrFNO2. The first kappa shape index (κ1) is 14.8. The highest BCUT2D eigenvalue weighted by Gasteiger charge is 2.07. The highest BCUT2D eigenvalue weighted by molar-refractivity contribution is 9.10. The van der Waals surface area contributed by atoms with E-state index in [-0.39, 0.29) is 11.6 Å². The Kier molecular flexibility index (Phi) is 4.98. The number of hydrogen-bond acceptors (Lipinski definition) is 3. The fraction of sp³-hybridized carbons (Fsp3) is 0.200. The summed E-state index contributed by atoms with van der Waals surface area (Å²) in [7, 11) is 1.51. The van der Waals surface area contributed by atoms with Crippen molar-refractivity contribution in [3.8, 4) is 11.5 Å². The molecule has 3 nitrogen and oxygen atoms in total. The topological polar surface area (TPSA) is 41.5 Å². The molecule has 0 heterocycles. The zero-order valence-corrected chi connectivity index (χ0v) is 12.6. The van der Waals surface area contributed by atoms with Gasteiger partial charge in [0.1, 0.15) is 5.82 Å². The maximum Gasteiger partial charge on any atom is 0.162 e. The molecule has 0 spiro atoms. The number of phenolic OH excluding ortho intramolecular Hbond substituents is 1. The maximum absolute atomic E-state index is 13.2. The van der Waals surface area contributed by atoms with Gasteiger partial charge in [0.05, 0.1) is 7.11 Å². The van der Waals surface area contributed by atoms with Crippen molar-refractivity contribution in [1.82, 2.24) is 5.32 Å². The highest BCUT2D eigenvalue weighted by atomic mass is 79.9. The van der Waals surface area contributed by atoms with Crippen molar-refractivity contribution < 1.29 is 14.2 Å². The third-order valence-electron chi connectivity index (χ3n) is 2.94. The molecule has 0 aliphatic rings. The van der Waals surface area contributed by atoms with E-state index in [0.29, 0.717) is 18.8 Å². The number of nitrogens with one attached hydrogen (secondary N) is 1. The van der Waals surface area contributed by atoms with Crippen LogP contribution in [0.15, 0.2) is 40.9 Å². The Hall–Kier alpha value is -1.59. The van der Waals surface area contributed by atoms with Crippen LogP contribution >= 0.6 is 15.9 Å². The molecule has 2 aromatic rings. The molecule has 106 valence electrons. The number of halogens is 2. The van der Waals surface area contributed by atoms with Crippen molar-refractivity contribution in [3.63, 3.8) is 0 Å². The maximum atomic E-state index is 13.2. The Bertz CT molecular complexity index is 604. The molecule has 2 N–H and O–H groups in total. The van der Waals surface area contributed by atoms with Crippen molar-refractivity contribution >= 4 is 15.9 Å². The molecule has 0 saturated heterocycles. The van der Waals surface area contributed by atoms with Crippen LogP contribution in [0.4, 0.5) is 4.39 Å². The number of para-hydroxylation sites is 1. The van der Waals surface area contributed by atoms with Crippen LogP contribution in [0.5, 0.6) is 11.5 Å². The fourth-order valence-electron chi connectivity index (χ4n) is 1.89. The predicted octanol–water partition coefficient (Wildman–Crippen LogP) is 3.59. The van der Waals surface area contributed by atoms with Crippen molar-refractivity contribution in [2.24, 2.45) is 0 Å². The Morgan fingerprint density at radius 1 is 1.20 bits per heavy atom. The minimum atomic E-state index is -0.269. The molecule has 2 rings (SSSR count). The third-order valence-corrected chi connectivity index (χ3v) is 3.71. The molecule has 20 heavy (non-hydrogen) atoms. The quantitative estimate of drug-likeness (QED) is 0.874. The summed E-state index contributed by atoms with van der Waals surface area (Å²) < 4.78 is 19.1. The average molecular weight is 340 g/mol. The van der Waals surface area contributed by atoms with E-state index in [1.54, 1.807) is 12.1 Å². The molecule has 0 aliphatic heterocycles. The number of phenols is 1. The molecule has 0 atom stereocenters. The van der Waals surface area contributed by atoms with Crippen LogP contribution in [0.2, 0.25) is 0 Å². The van der Waals surface area contributed by atoms with Gasteiger partial charge in [0, 0.05) is 23.1 Å². The summed E-state index contributed by atoms with van der Waals surface area (Å²) in [6, 6.07) is 9.88. The monoisotopic (exact) mass is 339 g/mol. The fourth-order valence-corrected chi connectivity index (χ4v) is 2.27. The van der Waals surface area contributed by atoms with Crippen LogP contribution in [-0.4, -0.2) is 12.2 Å².